The topological polar surface area (TPSA) is 26.3 Å². The Morgan fingerprint density at radius 3 is 2.85 bits per heavy atom. The Morgan fingerprint density at radius 2 is 2.38 bits per heavy atom. The van der Waals surface area contributed by atoms with Crippen molar-refractivity contribution in [3.63, 3.8) is 0 Å². The van der Waals surface area contributed by atoms with Crippen molar-refractivity contribution in [2.45, 2.75) is 19.3 Å². The van der Waals surface area contributed by atoms with E-state index in [2.05, 4.69) is 26.6 Å². The molecule has 2 nitrogen and oxygen atoms in total. The van der Waals surface area contributed by atoms with Crippen LogP contribution in [0.25, 0.3) is 0 Å². The maximum atomic E-state index is 11.0. The molecule has 0 aliphatic carbocycles. The molecule has 0 saturated carbocycles. The smallest absolute Gasteiger partial charge is 0.334 e. The summed E-state index contributed by atoms with van der Waals surface area (Å²) in [6, 6.07) is 0. The van der Waals surface area contributed by atoms with Crippen LogP contribution < -0.4 is 0 Å². The Labute approximate surface area is 87.5 Å². The van der Waals surface area contributed by atoms with Crippen LogP contribution >= 0.6 is 15.9 Å². The van der Waals surface area contributed by atoms with Gasteiger partial charge in [-0.1, -0.05) is 22.0 Å². The number of terminal acetylenes is 1. The van der Waals surface area contributed by atoms with Crippen molar-refractivity contribution < 1.29 is 9.53 Å². The molecule has 0 aliphatic heterocycles. The molecule has 0 aromatic heterocycles. The SMILES string of the molecule is C#CCCC/C=C(\CBr)C(=O)OC. The van der Waals surface area contributed by atoms with Gasteiger partial charge in [-0.3, -0.25) is 0 Å². The first-order valence-corrected chi connectivity index (χ1v) is 5.15. The van der Waals surface area contributed by atoms with Crippen LogP contribution in [0.15, 0.2) is 11.6 Å². The second kappa shape index (κ2) is 7.88. The summed E-state index contributed by atoms with van der Waals surface area (Å²) in [6.07, 6.45) is 9.42. The van der Waals surface area contributed by atoms with Crippen LogP contribution in [-0.4, -0.2) is 18.4 Å². The molecule has 0 radical (unpaired) electrons. The lowest BCUT2D eigenvalue weighted by atomic mass is 10.2. The van der Waals surface area contributed by atoms with Gasteiger partial charge in [-0.05, 0) is 12.8 Å². The molecular weight excluding hydrogens is 232 g/mol. The Hall–Kier alpha value is -0.750. The van der Waals surface area contributed by atoms with E-state index in [-0.39, 0.29) is 5.97 Å². The molecule has 0 spiro atoms. The summed E-state index contributed by atoms with van der Waals surface area (Å²) < 4.78 is 4.58. The maximum absolute atomic E-state index is 11.0. The summed E-state index contributed by atoms with van der Waals surface area (Å²) >= 11 is 3.22. The molecule has 0 bridgehead atoms. The van der Waals surface area contributed by atoms with Crippen LogP contribution in [0.5, 0.6) is 0 Å². The standard InChI is InChI=1S/C10H13BrO2/c1-3-4-5-6-7-9(8-11)10(12)13-2/h1,7H,4-6,8H2,2H3/b9-7+. The number of ether oxygens (including phenoxy) is 1. The molecular formula is C10H13BrO2. The van der Waals surface area contributed by atoms with Gasteiger partial charge in [0.05, 0.1) is 7.11 Å². The second-order valence-corrected chi connectivity index (χ2v) is 3.01. The van der Waals surface area contributed by atoms with E-state index in [0.29, 0.717) is 10.9 Å². The summed E-state index contributed by atoms with van der Waals surface area (Å²) in [5.41, 5.74) is 0.652. The first kappa shape index (κ1) is 12.2. The number of hydrogen-bond donors (Lipinski definition) is 0. The van der Waals surface area contributed by atoms with Gasteiger partial charge in [0.1, 0.15) is 0 Å². The van der Waals surface area contributed by atoms with E-state index in [4.69, 9.17) is 6.42 Å². The first-order chi connectivity index (χ1) is 6.26. The van der Waals surface area contributed by atoms with Gasteiger partial charge in [-0.2, -0.15) is 0 Å². The van der Waals surface area contributed by atoms with E-state index >= 15 is 0 Å². The molecule has 13 heavy (non-hydrogen) atoms. The first-order valence-electron chi connectivity index (χ1n) is 4.03. The number of methoxy groups -OCH3 is 1. The molecule has 72 valence electrons. The summed E-state index contributed by atoms with van der Waals surface area (Å²) in [5.74, 6) is 2.27. The van der Waals surface area contributed by atoms with Gasteiger partial charge >= 0.3 is 5.97 Å². The Kier molecular flexibility index (Phi) is 7.42. The van der Waals surface area contributed by atoms with Gasteiger partial charge in [0.25, 0.3) is 0 Å². The quantitative estimate of drug-likeness (QED) is 0.244. The van der Waals surface area contributed by atoms with E-state index in [1.807, 2.05) is 6.08 Å². The minimum Gasteiger partial charge on any atom is -0.466 e. The van der Waals surface area contributed by atoms with Gasteiger partial charge in [0.15, 0.2) is 0 Å². The molecule has 3 heteroatoms. The van der Waals surface area contributed by atoms with Crippen molar-refractivity contribution >= 4 is 21.9 Å². The predicted molar refractivity (Wildman–Crippen MR) is 56.6 cm³/mol. The molecule has 0 amide bonds. The minimum atomic E-state index is -0.280. The second-order valence-electron chi connectivity index (χ2n) is 2.45. The molecule has 0 aromatic rings. The Balaban J connectivity index is 3.94. The summed E-state index contributed by atoms with van der Waals surface area (Å²) in [4.78, 5) is 11.0. The molecule has 0 heterocycles. The van der Waals surface area contributed by atoms with Crippen molar-refractivity contribution in [3.8, 4) is 12.3 Å². The van der Waals surface area contributed by atoms with Gasteiger partial charge in [0, 0.05) is 17.3 Å². The fourth-order valence-electron chi connectivity index (χ4n) is 0.804. The van der Waals surface area contributed by atoms with Gasteiger partial charge in [-0.15, -0.1) is 12.3 Å². The monoisotopic (exact) mass is 244 g/mol. The van der Waals surface area contributed by atoms with Gasteiger partial charge in [0.2, 0.25) is 0 Å². The minimum absolute atomic E-state index is 0.280. The summed E-state index contributed by atoms with van der Waals surface area (Å²) in [6.45, 7) is 0. The zero-order chi connectivity index (χ0) is 10.1. The van der Waals surface area contributed by atoms with Crippen LogP contribution in [0.4, 0.5) is 0 Å². The number of hydrogen-bond acceptors (Lipinski definition) is 2. The zero-order valence-corrected chi connectivity index (χ0v) is 9.26. The van der Waals surface area contributed by atoms with Crippen LogP contribution in [0.3, 0.4) is 0 Å². The number of allylic oxidation sites excluding steroid dienone is 1. The molecule has 0 N–H and O–H groups in total. The van der Waals surface area contributed by atoms with E-state index < -0.39 is 0 Å². The number of carbonyl (C=O) groups excluding carboxylic acids is 1. The lowest BCUT2D eigenvalue weighted by Gasteiger charge is -2.00. The van der Waals surface area contributed by atoms with Crippen LogP contribution in [0.2, 0.25) is 0 Å². The Bertz CT molecular complexity index is 226. The molecule has 0 fully saturated rings. The maximum Gasteiger partial charge on any atom is 0.334 e. The summed E-state index contributed by atoms with van der Waals surface area (Å²) in [7, 11) is 1.38. The van der Waals surface area contributed by atoms with Crippen molar-refractivity contribution in [1.29, 1.82) is 0 Å². The van der Waals surface area contributed by atoms with Crippen molar-refractivity contribution in [2.24, 2.45) is 0 Å². The predicted octanol–water partition coefficient (Wildman–Crippen LogP) is 2.28. The third kappa shape index (κ3) is 5.48. The highest BCUT2D eigenvalue weighted by atomic mass is 79.9. The fraction of sp³-hybridized carbons (Fsp3) is 0.500. The lowest BCUT2D eigenvalue weighted by molar-refractivity contribution is -0.135. The van der Waals surface area contributed by atoms with Crippen LogP contribution in [-0.2, 0) is 9.53 Å². The van der Waals surface area contributed by atoms with Crippen molar-refractivity contribution in [2.75, 3.05) is 12.4 Å². The van der Waals surface area contributed by atoms with Crippen molar-refractivity contribution in [1.82, 2.24) is 0 Å². The lowest BCUT2D eigenvalue weighted by Crippen LogP contribution is -2.05. The summed E-state index contributed by atoms with van der Waals surface area (Å²) in [5, 5.41) is 0.524. The number of esters is 1. The number of alkyl halides is 1. The van der Waals surface area contributed by atoms with E-state index in [1.165, 1.54) is 7.11 Å². The fourth-order valence-corrected chi connectivity index (χ4v) is 1.26. The molecule has 0 aliphatic rings. The number of carbonyl (C=O) groups is 1. The van der Waals surface area contributed by atoms with E-state index in [1.54, 1.807) is 0 Å². The Morgan fingerprint density at radius 1 is 1.69 bits per heavy atom. The normalized spacial score (nSPS) is 10.7. The van der Waals surface area contributed by atoms with Crippen LogP contribution in [0.1, 0.15) is 19.3 Å². The molecule has 0 aromatic carbocycles. The molecule has 0 saturated heterocycles. The highest BCUT2D eigenvalue weighted by Gasteiger charge is 2.05. The van der Waals surface area contributed by atoms with Gasteiger partial charge < -0.3 is 4.74 Å². The van der Waals surface area contributed by atoms with Crippen LogP contribution in [0, 0.1) is 12.3 Å². The largest absolute Gasteiger partial charge is 0.466 e. The molecule has 0 atom stereocenters. The third-order valence-corrected chi connectivity index (χ3v) is 2.11. The zero-order valence-electron chi connectivity index (χ0n) is 7.68. The van der Waals surface area contributed by atoms with E-state index in [0.717, 1.165) is 19.3 Å². The molecule has 0 rings (SSSR count). The average molecular weight is 245 g/mol. The van der Waals surface area contributed by atoms with Gasteiger partial charge in [-0.25, -0.2) is 4.79 Å². The van der Waals surface area contributed by atoms with Crippen molar-refractivity contribution in [3.05, 3.63) is 11.6 Å². The highest BCUT2D eigenvalue weighted by Crippen LogP contribution is 2.06. The third-order valence-electron chi connectivity index (χ3n) is 1.51. The average Bonchev–Trinajstić information content (AvgIpc) is 2.17. The number of halogens is 1. The number of rotatable bonds is 5. The number of unbranched alkanes of at least 4 members (excludes halogenated alkanes) is 2. The van der Waals surface area contributed by atoms with E-state index in [9.17, 15) is 4.79 Å². The molecule has 0 unspecified atom stereocenters. The highest BCUT2D eigenvalue weighted by molar-refractivity contribution is 9.09.